The number of likely N-dealkylation sites (tertiary alicyclic amines) is 1. The van der Waals surface area contributed by atoms with Crippen LogP contribution in [-0.4, -0.2) is 47.3 Å². The summed E-state index contributed by atoms with van der Waals surface area (Å²) < 4.78 is 0. The van der Waals surface area contributed by atoms with Gasteiger partial charge in [0, 0.05) is 24.9 Å². The molecule has 0 amide bonds. The van der Waals surface area contributed by atoms with E-state index < -0.39 is 0 Å². The number of aliphatic hydroxyl groups excluding tert-OH is 1. The summed E-state index contributed by atoms with van der Waals surface area (Å²) in [5.41, 5.74) is 0. The Bertz CT molecular complexity index is 121. The van der Waals surface area contributed by atoms with E-state index in [-0.39, 0.29) is 6.10 Å². The maximum Gasteiger partial charge on any atom is 0.0704 e. The molecule has 11 heavy (non-hydrogen) atoms. The van der Waals surface area contributed by atoms with Crippen LogP contribution in [0.3, 0.4) is 0 Å². The van der Waals surface area contributed by atoms with Gasteiger partial charge in [-0.25, -0.2) is 0 Å². The Morgan fingerprint density at radius 1 is 1.64 bits per heavy atom. The summed E-state index contributed by atoms with van der Waals surface area (Å²) in [7, 11) is 0. The summed E-state index contributed by atoms with van der Waals surface area (Å²) >= 11 is 1.87. The average Bonchev–Trinajstić information content (AvgIpc) is 2.31. The Hall–Kier alpha value is 0.270. The van der Waals surface area contributed by atoms with Crippen molar-refractivity contribution in [1.29, 1.82) is 0 Å². The summed E-state index contributed by atoms with van der Waals surface area (Å²) in [6.45, 7) is 4.31. The molecule has 1 N–H and O–H groups in total. The Labute approximate surface area is 73.0 Å². The second-order valence-corrected chi connectivity index (χ2v) is 4.11. The van der Waals surface area contributed by atoms with Crippen LogP contribution in [0.25, 0.3) is 0 Å². The van der Waals surface area contributed by atoms with Gasteiger partial charge in [-0.1, -0.05) is 0 Å². The highest BCUT2D eigenvalue weighted by molar-refractivity contribution is 7.98. The first-order chi connectivity index (χ1) is 5.25. The first-order valence-electron chi connectivity index (χ1n) is 4.16. The third-order valence-electron chi connectivity index (χ3n) is 2.43. The fourth-order valence-electron chi connectivity index (χ4n) is 1.51. The average molecular weight is 175 g/mol. The summed E-state index contributed by atoms with van der Waals surface area (Å²) in [6, 6.07) is 0.377. The molecule has 0 aromatic carbocycles. The van der Waals surface area contributed by atoms with Crippen molar-refractivity contribution in [2.24, 2.45) is 0 Å². The molecule has 0 unspecified atom stereocenters. The number of hydrogen-bond donors (Lipinski definition) is 1. The van der Waals surface area contributed by atoms with Gasteiger partial charge in [-0.2, -0.15) is 11.8 Å². The number of aliphatic hydroxyl groups is 1. The lowest BCUT2D eigenvalue weighted by Gasteiger charge is -2.21. The van der Waals surface area contributed by atoms with Crippen molar-refractivity contribution in [3.8, 4) is 0 Å². The largest absolute Gasteiger partial charge is 0.391 e. The van der Waals surface area contributed by atoms with E-state index in [1.807, 2.05) is 11.8 Å². The first kappa shape index (κ1) is 9.36. The smallest absolute Gasteiger partial charge is 0.0704 e. The van der Waals surface area contributed by atoms with Crippen molar-refractivity contribution in [2.75, 3.05) is 25.1 Å². The van der Waals surface area contributed by atoms with Crippen LogP contribution in [0.15, 0.2) is 0 Å². The SMILES string of the molecule is CSCCN1CC[C@@H](O)[C@@H]1C. The standard InChI is InChI=1S/C8H17NOS/c1-7-8(10)3-4-9(7)5-6-11-2/h7-8,10H,3-6H2,1-2H3/t7-,8+/m0/s1. The molecule has 1 heterocycles. The quantitative estimate of drug-likeness (QED) is 0.686. The Morgan fingerprint density at radius 3 is 2.82 bits per heavy atom. The van der Waals surface area contributed by atoms with E-state index in [9.17, 15) is 5.11 Å². The third-order valence-corrected chi connectivity index (χ3v) is 3.02. The molecule has 0 aromatic heterocycles. The molecule has 0 aliphatic carbocycles. The molecule has 0 spiro atoms. The van der Waals surface area contributed by atoms with Crippen molar-refractivity contribution in [3.05, 3.63) is 0 Å². The fraction of sp³-hybridized carbons (Fsp3) is 1.00. The van der Waals surface area contributed by atoms with Crippen molar-refractivity contribution < 1.29 is 5.11 Å². The molecule has 0 radical (unpaired) electrons. The van der Waals surface area contributed by atoms with E-state index in [4.69, 9.17) is 0 Å². The van der Waals surface area contributed by atoms with Gasteiger partial charge >= 0.3 is 0 Å². The topological polar surface area (TPSA) is 23.5 Å². The molecule has 1 saturated heterocycles. The molecule has 0 saturated carbocycles. The molecular formula is C8H17NOS. The molecule has 1 rings (SSSR count). The fourth-order valence-corrected chi connectivity index (χ4v) is 1.93. The van der Waals surface area contributed by atoms with Gasteiger partial charge < -0.3 is 5.11 Å². The van der Waals surface area contributed by atoms with E-state index in [0.29, 0.717) is 6.04 Å². The molecule has 1 fully saturated rings. The van der Waals surface area contributed by atoms with Crippen molar-refractivity contribution in [2.45, 2.75) is 25.5 Å². The highest BCUT2D eigenvalue weighted by Crippen LogP contribution is 2.17. The normalized spacial score (nSPS) is 33.0. The monoisotopic (exact) mass is 175 g/mol. The second kappa shape index (κ2) is 4.33. The van der Waals surface area contributed by atoms with Gasteiger partial charge in [-0.3, -0.25) is 4.90 Å². The zero-order valence-corrected chi connectivity index (χ0v) is 8.10. The Balaban J connectivity index is 2.24. The molecule has 0 bridgehead atoms. The lowest BCUT2D eigenvalue weighted by molar-refractivity contribution is 0.129. The van der Waals surface area contributed by atoms with Crippen molar-refractivity contribution in [3.63, 3.8) is 0 Å². The van der Waals surface area contributed by atoms with Gasteiger partial charge in [-0.15, -0.1) is 0 Å². The number of rotatable bonds is 3. The van der Waals surface area contributed by atoms with E-state index in [0.717, 1.165) is 19.5 Å². The molecular weight excluding hydrogens is 158 g/mol. The highest BCUT2D eigenvalue weighted by atomic mass is 32.2. The first-order valence-corrected chi connectivity index (χ1v) is 5.56. The number of thioether (sulfide) groups is 1. The molecule has 2 nitrogen and oxygen atoms in total. The van der Waals surface area contributed by atoms with Gasteiger partial charge in [0.1, 0.15) is 0 Å². The summed E-state index contributed by atoms with van der Waals surface area (Å²) in [5.74, 6) is 1.18. The van der Waals surface area contributed by atoms with Gasteiger partial charge in [0.2, 0.25) is 0 Å². The Kier molecular flexibility index (Phi) is 3.69. The summed E-state index contributed by atoms with van der Waals surface area (Å²) in [4.78, 5) is 2.36. The van der Waals surface area contributed by atoms with Gasteiger partial charge in [0.25, 0.3) is 0 Å². The van der Waals surface area contributed by atoms with Crippen LogP contribution in [0.1, 0.15) is 13.3 Å². The summed E-state index contributed by atoms with van der Waals surface area (Å²) in [5, 5.41) is 9.42. The van der Waals surface area contributed by atoms with E-state index in [1.54, 1.807) is 0 Å². The lowest BCUT2D eigenvalue weighted by atomic mass is 10.2. The minimum Gasteiger partial charge on any atom is -0.391 e. The zero-order valence-electron chi connectivity index (χ0n) is 7.29. The van der Waals surface area contributed by atoms with Crippen LogP contribution in [0.5, 0.6) is 0 Å². The maximum absolute atomic E-state index is 9.42. The van der Waals surface area contributed by atoms with Crippen LogP contribution < -0.4 is 0 Å². The number of hydrogen-bond acceptors (Lipinski definition) is 3. The van der Waals surface area contributed by atoms with Crippen molar-refractivity contribution in [1.82, 2.24) is 4.90 Å². The molecule has 2 atom stereocenters. The second-order valence-electron chi connectivity index (χ2n) is 3.13. The molecule has 1 aliphatic heterocycles. The van der Waals surface area contributed by atoms with E-state index in [2.05, 4.69) is 18.1 Å². The molecule has 0 aromatic rings. The highest BCUT2D eigenvalue weighted by Gasteiger charge is 2.27. The van der Waals surface area contributed by atoms with E-state index >= 15 is 0 Å². The van der Waals surface area contributed by atoms with Crippen LogP contribution >= 0.6 is 11.8 Å². The number of nitrogens with zero attached hydrogens (tertiary/aromatic N) is 1. The van der Waals surface area contributed by atoms with E-state index in [1.165, 1.54) is 5.75 Å². The summed E-state index contributed by atoms with van der Waals surface area (Å²) in [6.07, 6.45) is 2.99. The minimum atomic E-state index is -0.0862. The van der Waals surface area contributed by atoms with Crippen LogP contribution in [0, 0.1) is 0 Å². The van der Waals surface area contributed by atoms with Crippen LogP contribution in [0.2, 0.25) is 0 Å². The van der Waals surface area contributed by atoms with Gasteiger partial charge in [0.15, 0.2) is 0 Å². The lowest BCUT2D eigenvalue weighted by Crippen LogP contribution is -2.33. The van der Waals surface area contributed by atoms with Gasteiger partial charge in [0.05, 0.1) is 6.10 Å². The van der Waals surface area contributed by atoms with Crippen molar-refractivity contribution >= 4 is 11.8 Å². The van der Waals surface area contributed by atoms with Crippen LogP contribution in [0.4, 0.5) is 0 Å². The molecule has 3 heteroatoms. The molecule has 1 aliphatic rings. The predicted molar refractivity (Wildman–Crippen MR) is 50.0 cm³/mol. The maximum atomic E-state index is 9.42. The minimum absolute atomic E-state index is 0.0862. The predicted octanol–water partition coefficient (Wildman–Crippen LogP) is 0.805. The van der Waals surface area contributed by atoms with Crippen LogP contribution in [-0.2, 0) is 0 Å². The zero-order chi connectivity index (χ0) is 8.27. The Morgan fingerprint density at radius 2 is 2.36 bits per heavy atom. The third kappa shape index (κ3) is 2.36. The molecule has 66 valence electrons. The van der Waals surface area contributed by atoms with Gasteiger partial charge in [-0.05, 0) is 19.6 Å².